The van der Waals surface area contributed by atoms with Crippen LogP contribution in [-0.4, -0.2) is 68.5 Å². The van der Waals surface area contributed by atoms with Crippen molar-refractivity contribution in [2.24, 2.45) is 0 Å². The largest absolute Gasteiger partial charge is 0.726 e. The Hall–Kier alpha value is -0.250. The van der Waals surface area contributed by atoms with Crippen LogP contribution in [0.3, 0.4) is 0 Å². The van der Waals surface area contributed by atoms with E-state index >= 15 is 0 Å². The molecule has 1 saturated heterocycles. The molecule has 34 heavy (non-hydrogen) atoms. The Balaban J connectivity index is 0.00000135. The van der Waals surface area contributed by atoms with Crippen LogP contribution in [0.15, 0.2) is 0 Å². The lowest BCUT2D eigenvalue weighted by Crippen LogP contribution is -3.14. The Labute approximate surface area is 211 Å². The van der Waals surface area contributed by atoms with Crippen LogP contribution in [0.4, 0.5) is 0 Å². The van der Waals surface area contributed by atoms with E-state index in [4.69, 9.17) is 0 Å². The molecule has 1 heterocycles. The van der Waals surface area contributed by atoms with Gasteiger partial charge in [0.15, 0.2) is 0 Å². The number of aliphatic hydroxyl groups is 1. The Morgan fingerprint density at radius 2 is 1.32 bits per heavy atom. The maximum atomic E-state index is 9.45. The first-order chi connectivity index (χ1) is 16.4. The SMILES string of the molecule is CCCCCCCCCCCCCCCCCC1N(CCO)CC[NH+]1CC.CCOS(=O)(=O)[O-]. The van der Waals surface area contributed by atoms with E-state index in [9.17, 15) is 18.1 Å². The van der Waals surface area contributed by atoms with E-state index in [1.54, 1.807) is 4.90 Å². The fourth-order valence-electron chi connectivity index (χ4n) is 4.92. The van der Waals surface area contributed by atoms with Crippen molar-refractivity contribution in [2.45, 2.75) is 130 Å². The van der Waals surface area contributed by atoms with Crippen LogP contribution in [0, 0.1) is 0 Å². The summed E-state index contributed by atoms with van der Waals surface area (Å²) in [5, 5.41) is 9.26. The van der Waals surface area contributed by atoms with E-state index in [0.29, 0.717) is 12.8 Å². The topological polar surface area (TPSA) is 94.3 Å². The Bertz CT molecular complexity index is 533. The molecule has 1 aliphatic rings. The summed E-state index contributed by atoms with van der Waals surface area (Å²) >= 11 is 0. The number of nitrogens with zero attached hydrogens (tertiary/aromatic N) is 1. The highest BCUT2D eigenvalue weighted by molar-refractivity contribution is 7.80. The highest BCUT2D eigenvalue weighted by Crippen LogP contribution is 2.14. The van der Waals surface area contributed by atoms with E-state index in [2.05, 4.69) is 22.9 Å². The van der Waals surface area contributed by atoms with E-state index in [1.807, 2.05) is 0 Å². The molecule has 206 valence electrons. The third kappa shape index (κ3) is 20.0. The van der Waals surface area contributed by atoms with Crippen molar-refractivity contribution in [1.82, 2.24) is 4.90 Å². The molecule has 1 aliphatic heterocycles. The number of unbranched alkanes of at least 4 members (excludes halogenated alkanes) is 14. The third-order valence-corrected chi connectivity index (χ3v) is 7.34. The third-order valence-electron chi connectivity index (χ3n) is 6.82. The number of quaternary nitrogens is 1. The molecule has 2 atom stereocenters. The zero-order valence-electron chi connectivity index (χ0n) is 22.6. The number of rotatable bonds is 21. The number of aliphatic hydroxyl groups excluding tert-OH is 1. The second-order valence-electron chi connectivity index (χ2n) is 9.59. The quantitative estimate of drug-likeness (QED) is 0.137. The first-order valence-corrected chi connectivity index (χ1v) is 15.5. The summed E-state index contributed by atoms with van der Waals surface area (Å²) in [5.74, 6) is 0. The van der Waals surface area contributed by atoms with E-state index in [0.717, 1.165) is 6.54 Å². The Morgan fingerprint density at radius 3 is 1.68 bits per heavy atom. The monoisotopic (exact) mass is 508 g/mol. The van der Waals surface area contributed by atoms with Crippen LogP contribution in [0.25, 0.3) is 0 Å². The lowest BCUT2D eigenvalue weighted by molar-refractivity contribution is -0.917. The van der Waals surface area contributed by atoms with Gasteiger partial charge >= 0.3 is 0 Å². The van der Waals surface area contributed by atoms with Gasteiger partial charge in [0.2, 0.25) is 10.4 Å². The van der Waals surface area contributed by atoms with Crippen molar-refractivity contribution in [1.29, 1.82) is 0 Å². The van der Waals surface area contributed by atoms with Gasteiger partial charge in [0.1, 0.15) is 6.17 Å². The highest BCUT2D eigenvalue weighted by atomic mass is 32.3. The van der Waals surface area contributed by atoms with Crippen LogP contribution in [0.5, 0.6) is 0 Å². The molecule has 8 heteroatoms. The average molecular weight is 509 g/mol. The Kier molecular flexibility index (Phi) is 23.0. The van der Waals surface area contributed by atoms with Crippen LogP contribution >= 0.6 is 0 Å². The van der Waals surface area contributed by atoms with Gasteiger partial charge in [0, 0.05) is 13.0 Å². The predicted molar refractivity (Wildman–Crippen MR) is 140 cm³/mol. The van der Waals surface area contributed by atoms with Gasteiger partial charge in [-0.3, -0.25) is 4.18 Å². The molecule has 0 amide bonds. The molecular weight excluding hydrogens is 452 g/mol. The zero-order valence-corrected chi connectivity index (χ0v) is 23.4. The van der Waals surface area contributed by atoms with Crippen molar-refractivity contribution < 1.29 is 27.2 Å². The van der Waals surface area contributed by atoms with Crippen LogP contribution in [0.2, 0.25) is 0 Å². The van der Waals surface area contributed by atoms with Crippen LogP contribution < -0.4 is 4.90 Å². The van der Waals surface area contributed by atoms with Gasteiger partial charge < -0.3 is 14.6 Å². The van der Waals surface area contributed by atoms with Gasteiger partial charge in [-0.15, -0.1) is 0 Å². The van der Waals surface area contributed by atoms with Crippen molar-refractivity contribution >= 4 is 10.4 Å². The second kappa shape index (κ2) is 23.2. The molecule has 7 nitrogen and oxygen atoms in total. The number of likely N-dealkylation sites (N-methyl/N-ethyl adjacent to an activating group) is 1. The summed E-state index contributed by atoms with van der Waals surface area (Å²) in [6.07, 6.45) is 23.6. The molecular formula is C26H56N2O5S. The maximum absolute atomic E-state index is 9.45. The summed E-state index contributed by atoms with van der Waals surface area (Å²) in [4.78, 5) is 4.25. The van der Waals surface area contributed by atoms with Crippen molar-refractivity contribution in [3.8, 4) is 0 Å². The first kappa shape index (κ1) is 33.8. The fourth-order valence-corrected chi connectivity index (χ4v) is 5.21. The minimum Gasteiger partial charge on any atom is -0.726 e. The first-order valence-electron chi connectivity index (χ1n) is 14.2. The number of hydrogen-bond acceptors (Lipinski definition) is 6. The van der Waals surface area contributed by atoms with E-state index in [1.165, 1.54) is 129 Å². The molecule has 0 aromatic carbocycles. The number of nitrogens with one attached hydrogen (secondary N) is 1. The van der Waals surface area contributed by atoms with Crippen LogP contribution in [0.1, 0.15) is 124 Å². The van der Waals surface area contributed by atoms with E-state index in [-0.39, 0.29) is 6.61 Å². The molecule has 0 aromatic rings. The van der Waals surface area contributed by atoms with Gasteiger partial charge in [-0.1, -0.05) is 96.8 Å². The lowest BCUT2D eigenvalue weighted by atomic mass is 10.0. The normalized spacial score (nSPS) is 18.7. The van der Waals surface area contributed by atoms with Crippen molar-refractivity contribution in [2.75, 3.05) is 39.4 Å². The molecule has 1 fully saturated rings. The molecule has 2 unspecified atom stereocenters. The molecule has 0 aromatic heterocycles. The van der Waals surface area contributed by atoms with Gasteiger partial charge in [-0.05, 0) is 20.3 Å². The zero-order chi connectivity index (χ0) is 25.5. The molecule has 0 bridgehead atoms. The van der Waals surface area contributed by atoms with Crippen molar-refractivity contribution in [3.05, 3.63) is 0 Å². The number of β-amino-alcohol motifs (C(OH)–C–C–N with tert-alkyl or cyclic N) is 1. The predicted octanol–water partition coefficient (Wildman–Crippen LogP) is 4.27. The van der Waals surface area contributed by atoms with Gasteiger partial charge in [0.05, 0.1) is 32.8 Å². The summed E-state index contributed by atoms with van der Waals surface area (Å²) in [7, 11) is -4.42. The maximum Gasteiger partial charge on any atom is 0.217 e. The molecule has 0 spiro atoms. The summed E-state index contributed by atoms with van der Waals surface area (Å²) in [6.45, 7) is 10.8. The minimum atomic E-state index is -4.42. The minimum absolute atomic E-state index is 0.0914. The molecule has 1 rings (SSSR count). The highest BCUT2D eigenvalue weighted by Gasteiger charge is 2.33. The molecule has 2 N–H and O–H groups in total. The average Bonchev–Trinajstić information content (AvgIpc) is 3.18. The molecule has 0 aliphatic carbocycles. The van der Waals surface area contributed by atoms with Crippen LogP contribution in [-0.2, 0) is 14.6 Å². The lowest BCUT2D eigenvalue weighted by Gasteiger charge is -2.26. The number of hydrogen-bond donors (Lipinski definition) is 2. The summed E-state index contributed by atoms with van der Waals surface area (Å²) in [5.41, 5.74) is 0. The van der Waals surface area contributed by atoms with Gasteiger partial charge in [0.25, 0.3) is 0 Å². The van der Waals surface area contributed by atoms with Gasteiger partial charge in [-0.25, -0.2) is 13.3 Å². The second-order valence-corrected chi connectivity index (χ2v) is 10.6. The molecule has 0 saturated carbocycles. The standard InChI is InChI=1S/C24H50N2O.C2H6O4S/c1-3-5-6-7-8-9-10-11-12-13-14-15-16-17-18-19-24-25(4-2)20-21-26(24)22-23-27;1-2-6-7(3,4)5/h24,27H,3-23H2,1-2H3;2H2,1H3,(H,3,4,5). The smallest absolute Gasteiger partial charge is 0.217 e. The van der Waals surface area contributed by atoms with E-state index < -0.39 is 10.4 Å². The molecule has 0 radical (unpaired) electrons. The van der Waals surface area contributed by atoms with Crippen molar-refractivity contribution in [3.63, 3.8) is 0 Å². The summed E-state index contributed by atoms with van der Waals surface area (Å²) < 4.78 is 32.0. The van der Waals surface area contributed by atoms with Gasteiger partial charge in [-0.2, -0.15) is 0 Å². The Morgan fingerprint density at radius 1 is 0.853 bits per heavy atom. The summed E-state index contributed by atoms with van der Waals surface area (Å²) in [6, 6.07) is 0. The fraction of sp³-hybridized carbons (Fsp3) is 1.00.